The molecule has 0 saturated heterocycles. The van der Waals surface area contributed by atoms with E-state index in [0.29, 0.717) is 6.04 Å². The van der Waals surface area contributed by atoms with Crippen LogP contribution in [0.4, 0.5) is 5.69 Å². The number of nitrogen functional groups attached to an aromatic ring is 1. The van der Waals surface area contributed by atoms with Crippen molar-refractivity contribution < 1.29 is 5.11 Å². The van der Waals surface area contributed by atoms with E-state index in [1.807, 2.05) is 18.2 Å². The minimum absolute atomic E-state index is 0.229. The summed E-state index contributed by atoms with van der Waals surface area (Å²) >= 11 is 0. The molecule has 1 aromatic carbocycles. The molecule has 1 aromatic heterocycles. The van der Waals surface area contributed by atoms with Crippen molar-refractivity contribution in [2.45, 2.75) is 38.1 Å². The highest BCUT2D eigenvalue weighted by Gasteiger charge is 2.22. The molecule has 1 saturated carbocycles. The molecule has 1 aliphatic rings. The molecule has 21 heavy (non-hydrogen) atoms. The number of hydrogen-bond donors (Lipinski definition) is 3. The molecule has 1 heterocycles. The first kappa shape index (κ1) is 14.4. The van der Waals surface area contributed by atoms with E-state index in [2.05, 4.69) is 14.9 Å². The maximum absolute atomic E-state index is 9.26. The molecule has 0 radical (unpaired) electrons. The Kier molecular flexibility index (Phi) is 4.41. The normalized spacial score (nSPS) is 16.3. The SMILES string of the molecule is Nc1ccc2nc(CCN(CCO)C3CCCC3)[nH]c2c1. The lowest BCUT2D eigenvalue weighted by Gasteiger charge is -2.27. The number of nitrogens with two attached hydrogens (primary N) is 1. The lowest BCUT2D eigenvalue weighted by atomic mass is 10.2. The molecule has 1 fully saturated rings. The third-order valence-corrected chi connectivity index (χ3v) is 4.42. The van der Waals surface area contributed by atoms with E-state index < -0.39 is 0 Å². The number of imidazole rings is 1. The second kappa shape index (κ2) is 6.45. The minimum Gasteiger partial charge on any atom is -0.399 e. The largest absolute Gasteiger partial charge is 0.399 e. The summed E-state index contributed by atoms with van der Waals surface area (Å²) in [7, 11) is 0. The molecule has 0 aliphatic heterocycles. The fourth-order valence-corrected chi connectivity index (χ4v) is 3.32. The van der Waals surface area contributed by atoms with E-state index in [9.17, 15) is 5.11 Å². The minimum atomic E-state index is 0.229. The molecule has 0 atom stereocenters. The summed E-state index contributed by atoms with van der Waals surface area (Å²) in [6, 6.07) is 6.39. The van der Waals surface area contributed by atoms with Crippen LogP contribution in [0.5, 0.6) is 0 Å². The van der Waals surface area contributed by atoms with Gasteiger partial charge >= 0.3 is 0 Å². The summed E-state index contributed by atoms with van der Waals surface area (Å²) in [6.45, 7) is 1.94. The molecule has 5 heteroatoms. The Morgan fingerprint density at radius 1 is 1.29 bits per heavy atom. The highest BCUT2D eigenvalue weighted by Crippen LogP contribution is 2.23. The Bertz CT molecular complexity index is 589. The number of benzene rings is 1. The van der Waals surface area contributed by atoms with Gasteiger partial charge in [0, 0.05) is 31.2 Å². The van der Waals surface area contributed by atoms with E-state index in [0.717, 1.165) is 42.1 Å². The van der Waals surface area contributed by atoms with E-state index in [4.69, 9.17) is 5.73 Å². The van der Waals surface area contributed by atoms with Gasteiger partial charge in [0.05, 0.1) is 17.6 Å². The number of H-pyrrole nitrogens is 1. The molecule has 0 bridgehead atoms. The number of fused-ring (bicyclic) bond motifs is 1. The van der Waals surface area contributed by atoms with Gasteiger partial charge in [-0.3, -0.25) is 4.90 Å². The fourth-order valence-electron chi connectivity index (χ4n) is 3.32. The van der Waals surface area contributed by atoms with Gasteiger partial charge in [-0.1, -0.05) is 12.8 Å². The van der Waals surface area contributed by atoms with Crippen LogP contribution in [0.15, 0.2) is 18.2 Å². The quantitative estimate of drug-likeness (QED) is 0.710. The monoisotopic (exact) mass is 288 g/mol. The number of nitrogens with zero attached hydrogens (tertiary/aromatic N) is 2. The predicted octanol–water partition coefficient (Wildman–Crippen LogP) is 1.92. The lowest BCUT2D eigenvalue weighted by molar-refractivity contribution is 0.152. The zero-order chi connectivity index (χ0) is 14.7. The Labute approximate surface area is 125 Å². The third-order valence-electron chi connectivity index (χ3n) is 4.42. The van der Waals surface area contributed by atoms with E-state index in [1.54, 1.807) is 0 Å². The average Bonchev–Trinajstić information content (AvgIpc) is 3.12. The average molecular weight is 288 g/mol. The van der Waals surface area contributed by atoms with Crippen molar-refractivity contribution in [2.24, 2.45) is 0 Å². The number of aliphatic hydroxyl groups is 1. The second-order valence-corrected chi connectivity index (χ2v) is 5.91. The topological polar surface area (TPSA) is 78.2 Å². The number of aromatic nitrogens is 2. The van der Waals surface area contributed by atoms with Gasteiger partial charge in [0.2, 0.25) is 0 Å². The van der Waals surface area contributed by atoms with Crippen molar-refractivity contribution in [1.29, 1.82) is 0 Å². The van der Waals surface area contributed by atoms with Crippen LogP contribution < -0.4 is 5.73 Å². The van der Waals surface area contributed by atoms with Crippen LogP contribution in [0, 0.1) is 0 Å². The summed E-state index contributed by atoms with van der Waals surface area (Å²) in [5, 5.41) is 9.26. The first-order chi connectivity index (χ1) is 10.3. The van der Waals surface area contributed by atoms with Crippen LogP contribution in [-0.2, 0) is 6.42 Å². The van der Waals surface area contributed by atoms with Crippen molar-refractivity contribution in [3.8, 4) is 0 Å². The lowest BCUT2D eigenvalue weighted by Crippen LogP contribution is -2.37. The standard InChI is InChI=1S/C16H24N4O/c17-12-5-6-14-15(11-12)19-16(18-14)7-8-20(9-10-21)13-3-1-2-4-13/h5-6,11,13,21H,1-4,7-10,17H2,(H,18,19). The van der Waals surface area contributed by atoms with Crippen LogP contribution >= 0.6 is 0 Å². The van der Waals surface area contributed by atoms with Gasteiger partial charge in [-0.15, -0.1) is 0 Å². The Morgan fingerprint density at radius 3 is 2.86 bits per heavy atom. The highest BCUT2D eigenvalue weighted by molar-refractivity contribution is 5.78. The van der Waals surface area contributed by atoms with Gasteiger partial charge in [-0.2, -0.15) is 0 Å². The number of rotatable bonds is 6. The number of aliphatic hydroxyl groups excluding tert-OH is 1. The van der Waals surface area contributed by atoms with Crippen molar-refractivity contribution >= 4 is 16.7 Å². The van der Waals surface area contributed by atoms with Gasteiger partial charge < -0.3 is 15.8 Å². The van der Waals surface area contributed by atoms with Crippen LogP contribution in [0.3, 0.4) is 0 Å². The summed E-state index contributed by atoms with van der Waals surface area (Å²) in [4.78, 5) is 10.4. The van der Waals surface area contributed by atoms with Gasteiger partial charge in [0.1, 0.15) is 5.82 Å². The fraction of sp³-hybridized carbons (Fsp3) is 0.562. The number of nitrogens with one attached hydrogen (secondary N) is 1. The van der Waals surface area contributed by atoms with Crippen LogP contribution in [0.2, 0.25) is 0 Å². The smallest absolute Gasteiger partial charge is 0.108 e. The summed E-state index contributed by atoms with van der Waals surface area (Å²) in [5.74, 6) is 0.997. The zero-order valence-electron chi connectivity index (χ0n) is 12.4. The van der Waals surface area contributed by atoms with Gasteiger partial charge in [-0.05, 0) is 31.0 Å². The second-order valence-electron chi connectivity index (χ2n) is 5.91. The molecule has 3 rings (SSSR count). The van der Waals surface area contributed by atoms with Crippen molar-refractivity contribution in [3.63, 3.8) is 0 Å². The maximum Gasteiger partial charge on any atom is 0.108 e. The van der Waals surface area contributed by atoms with Crippen LogP contribution in [0.25, 0.3) is 11.0 Å². The maximum atomic E-state index is 9.26. The Hall–Kier alpha value is -1.59. The molecule has 0 unspecified atom stereocenters. The molecule has 0 spiro atoms. The zero-order valence-corrected chi connectivity index (χ0v) is 12.4. The molecule has 0 amide bonds. The highest BCUT2D eigenvalue weighted by atomic mass is 16.3. The van der Waals surface area contributed by atoms with Gasteiger partial charge in [0.25, 0.3) is 0 Å². The third kappa shape index (κ3) is 3.36. The van der Waals surface area contributed by atoms with E-state index in [1.165, 1.54) is 25.7 Å². The van der Waals surface area contributed by atoms with Crippen molar-refractivity contribution in [3.05, 3.63) is 24.0 Å². The number of aromatic amines is 1. The van der Waals surface area contributed by atoms with Gasteiger partial charge in [0.15, 0.2) is 0 Å². The molecular weight excluding hydrogens is 264 g/mol. The summed E-state index contributed by atoms with van der Waals surface area (Å²) in [5.41, 5.74) is 8.52. The van der Waals surface area contributed by atoms with Crippen LogP contribution in [-0.4, -0.2) is 45.7 Å². The first-order valence-corrected chi connectivity index (χ1v) is 7.85. The number of anilines is 1. The molecule has 1 aliphatic carbocycles. The predicted molar refractivity (Wildman–Crippen MR) is 85.1 cm³/mol. The van der Waals surface area contributed by atoms with Crippen LogP contribution in [0.1, 0.15) is 31.5 Å². The number of hydrogen-bond acceptors (Lipinski definition) is 4. The summed E-state index contributed by atoms with van der Waals surface area (Å²) in [6.07, 6.45) is 6.03. The Morgan fingerprint density at radius 2 is 2.10 bits per heavy atom. The molecule has 2 aromatic rings. The van der Waals surface area contributed by atoms with Gasteiger partial charge in [-0.25, -0.2) is 4.98 Å². The molecular formula is C16H24N4O. The first-order valence-electron chi connectivity index (χ1n) is 7.85. The summed E-state index contributed by atoms with van der Waals surface area (Å²) < 4.78 is 0. The molecule has 5 nitrogen and oxygen atoms in total. The Balaban J connectivity index is 1.65. The van der Waals surface area contributed by atoms with E-state index in [-0.39, 0.29) is 6.61 Å². The molecule has 4 N–H and O–H groups in total. The van der Waals surface area contributed by atoms with E-state index >= 15 is 0 Å². The molecule has 114 valence electrons. The van der Waals surface area contributed by atoms with Crippen molar-refractivity contribution in [1.82, 2.24) is 14.9 Å². The van der Waals surface area contributed by atoms with Crippen molar-refractivity contribution in [2.75, 3.05) is 25.4 Å².